The number of oxime groups is 1. The van der Waals surface area contributed by atoms with Crippen molar-refractivity contribution >= 4 is 28.5 Å². The zero-order valence-corrected chi connectivity index (χ0v) is 18.0. The summed E-state index contributed by atoms with van der Waals surface area (Å²) in [5.74, 6) is 0.516. The summed E-state index contributed by atoms with van der Waals surface area (Å²) in [4.78, 5) is 12.8. The second-order valence-corrected chi connectivity index (χ2v) is 8.74. The standard InChI is InChI=1S/C22H32N4OS/c1-3-27-24-19-9-7-8-18(19)14-17-10-11-20-21(15-17)26(22(23-20)28-2)16-25-12-5-4-6-13-25/h10-11,15,18H,3-9,12-14,16H2,1-2H3. The molecule has 1 atom stereocenters. The molecular weight excluding hydrogens is 368 g/mol. The molecule has 1 aromatic carbocycles. The quantitative estimate of drug-likeness (QED) is 0.488. The number of imidazole rings is 1. The highest BCUT2D eigenvalue weighted by atomic mass is 32.2. The fraction of sp³-hybridized carbons (Fsp3) is 0.636. The van der Waals surface area contributed by atoms with E-state index in [0.717, 1.165) is 30.2 Å². The van der Waals surface area contributed by atoms with Crippen molar-refractivity contribution in [1.82, 2.24) is 14.5 Å². The van der Waals surface area contributed by atoms with Gasteiger partial charge >= 0.3 is 0 Å². The van der Waals surface area contributed by atoms with Crippen molar-refractivity contribution in [2.75, 3.05) is 26.0 Å². The van der Waals surface area contributed by atoms with Gasteiger partial charge in [-0.25, -0.2) is 4.98 Å². The van der Waals surface area contributed by atoms with Gasteiger partial charge in [0.2, 0.25) is 0 Å². The molecule has 2 aromatic rings. The SMILES string of the molecule is CCON=C1CCCC1Cc1ccc2nc(SC)n(CN3CCCCC3)c2c1. The molecule has 6 heteroatoms. The lowest BCUT2D eigenvalue weighted by Gasteiger charge is -2.27. The summed E-state index contributed by atoms with van der Waals surface area (Å²) in [7, 11) is 0. The van der Waals surface area contributed by atoms with Gasteiger partial charge in [-0.05, 0) is 82.5 Å². The number of fused-ring (bicyclic) bond motifs is 1. The highest BCUT2D eigenvalue weighted by molar-refractivity contribution is 7.98. The molecule has 2 fully saturated rings. The molecule has 0 radical (unpaired) electrons. The molecule has 1 unspecified atom stereocenters. The van der Waals surface area contributed by atoms with Gasteiger partial charge in [-0.1, -0.05) is 29.4 Å². The van der Waals surface area contributed by atoms with E-state index in [2.05, 4.69) is 39.1 Å². The molecule has 1 saturated heterocycles. The molecule has 1 saturated carbocycles. The summed E-state index contributed by atoms with van der Waals surface area (Å²) in [6, 6.07) is 6.81. The van der Waals surface area contributed by atoms with Gasteiger partial charge in [0.25, 0.3) is 0 Å². The van der Waals surface area contributed by atoms with E-state index in [4.69, 9.17) is 9.82 Å². The van der Waals surface area contributed by atoms with Crippen LogP contribution in [0.1, 0.15) is 51.0 Å². The van der Waals surface area contributed by atoms with E-state index in [-0.39, 0.29) is 0 Å². The Balaban J connectivity index is 1.57. The minimum Gasteiger partial charge on any atom is -0.396 e. The normalized spacial score (nSPS) is 22.4. The minimum absolute atomic E-state index is 0.516. The highest BCUT2D eigenvalue weighted by Gasteiger charge is 2.24. The van der Waals surface area contributed by atoms with Gasteiger partial charge in [0.15, 0.2) is 5.16 Å². The Morgan fingerprint density at radius 1 is 1.21 bits per heavy atom. The predicted octanol–water partition coefficient (Wildman–Crippen LogP) is 4.94. The Morgan fingerprint density at radius 3 is 2.86 bits per heavy atom. The first-order valence-electron chi connectivity index (χ1n) is 10.7. The van der Waals surface area contributed by atoms with Crippen molar-refractivity contribution in [1.29, 1.82) is 0 Å². The van der Waals surface area contributed by atoms with Crippen molar-refractivity contribution in [3.8, 4) is 0 Å². The zero-order valence-electron chi connectivity index (χ0n) is 17.2. The van der Waals surface area contributed by atoms with Crippen LogP contribution >= 0.6 is 11.8 Å². The molecule has 0 bridgehead atoms. The fourth-order valence-electron chi connectivity index (χ4n) is 4.54. The van der Waals surface area contributed by atoms with Gasteiger partial charge in [-0.2, -0.15) is 0 Å². The number of likely N-dealkylation sites (tertiary alicyclic amines) is 1. The minimum atomic E-state index is 0.516. The van der Waals surface area contributed by atoms with Crippen LogP contribution in [0.5, 0.6) is 0 Å². The van der Waals surface area contributed by atoms with Crippen LogP contribution in [-0.2, 0) is 17.9 Å². The van der Waals surface area contributed by atoms with Gasteiger partial charge in [0.1, 0.15) is 6.61 Å². The lowest BCUT2D eigenvalue weighted by molar-refractivity contribution is 0.157. The molecule has 1 aromatic heterocycles. The number of aromatic nitrogens is 2. The molecule has 0 amide bonds. The number of benzene rings is 1. The van der Waals surface area contributed by atoms with Gasteiger partial charge in [-0.3, -0.25) is 4.90 Å². The average Bonchev–Trinajstić information content (AvgIpc) is 3.31. The Morgan fingerprint density at radius 2 is 2.07 bits per heavy atom. The molecule has 5 nitrogen and oxygen atoms in total. The summed E-state index contributed by atoms with van der Waals surface area (Å²) in [6.07, 6.45) is 10.7. The average molecular weight is 401 g/mol. The maximum atomic E-state index is 5.34. The van der Waals surface area contributed by atoms with Crippen molar-refractivity contribution in [2.24, 2.45) is 11.1 Å². The molecule has 28 heavy (non-hydrogen) atoms. The molecule has 2 heterocycles. The molecule has 0 spiro atoms. The number of thioether (sulfide) groups is 1. The summed E-state index contributed by atoms with van der Waals surface area (Å²) in [5.41, 5.74) is 5.01. The van der Waals surface area contributed by atoms with Gasteiger partial charge in [-0.15, -0.1) is 0 Å². The smallest absolute Gasteiger partial charge is 0.169 e. The van der Waals surface area contributed by atoms with Crippen LogP contribution in [0.4, 0.5) is 0 Å². The second-order valence-electron chi connectivity index (χ2n) is 7.96. The van der Waals surface area contributed by atoms with Crippen LogP contribution in [0, 0.1) is 5.92 Å². The van der Waals surface area contributed by atoms with Gasteiger partial charge in [0.05, 0.1) is 23.4 Å². The number of nitrogens with zero attached hydrogens (tertiary/aromatic N) is 4. The summed E-state index contributed by atoms with van der Waals surface area (Å²) >= 11 is 1.75. The molecule has 4 rings (SSSR count). The monoisotopic (exact) mass is 400 g/mol. The number of piperidine rings is 1. The maximum absolute atomic E-state index is 5.34. The van der Waals surface area contributed by atoms with E-state index >= 15 is 0 Å². The number of hydrogen-bond donors (Lipinski definition) is 0. The maximum Gasteiger partial charge on any atom is 0.169 e. The first-order chi connectivity index (χ1) is 13.8. The largest absolute Gasteiger partial charge is 0.396 e. The van der Waals surface area contributed by atoms with Crippen LogP contribution < -0.4 is 0 Å². The highest BCUT2D eigenvalue weighted by Crippen LogP contribution is 2.29. The van der Waals surface area contributed by atoms with Gasteiger partial charge in [0, 0.05) is 5.92 Å². The van der Waals surface area contributed by atoms with Crippen molar-refractivity contribution in [2.45, 2.75) is 63.7 Å². The number of hydrogen-bond acceptors (Lipinski definition) is 5. The van der Waals surface area contributed by atoms with Crippen LogP contribution in [0.25, 0.3) is 11.0 Å². The number of rotatable bonds is 7. The van der Waals surface area contributed by atoms with Gasteiger partial charge < -0.3 is 9.40 Å². The third-order valence-electron chi connectivity index (χ3n) is 6.00. The first-order valence-corrected chi connectivity index (χ1v) is 11.9. The third-order valence-corrected chi connectivity index (χ3v) is 6.68. The summed E-state index contributed by atoms with van der Waals surface area (Å²) in [6.45, 7) is 6.00. The van der Waals surface area contributed by atoms with Crippen LogP contribution in [0.3, 0.4) is 0 Å². The van der Waals surface area contributed by atoms with Crippen LogP contribution in [0.2, 0.25) is 0 Å². The Kier molecular flexibility index (Phi) is 6.58. The fourth-order valence-corrected chi connectivity index (χ4v) is 5.10. The predicted molar refractivity (Wildman–Crippen MR) is 117 cm³/mol. The van der Waals surface area contributed by atoms with E-state index in [1.54, 1.807) is 11.8 Å². The van der Waals surface area contributed by atoms with Crippen LogP contribution in [-0.4, -0.2) is 46.1 Å². The molecule has 0 N–H and O–H groups in total. The second kappa shape index (κ2) is 9.31. The third kappa shape index (κ3) is 4.38. The molecule has 1 aliphatic carbocycles. The first kappa shape index (κ1) is 19.8. The molecule has 152 valence electrons. The summed E-state index contributed by atoms with van der Waals surface area (Å²) < 4.78 is 2.42. The van der Waals surface area contributed by atoms with E-state index in [0.29, 0.717) is 12.5 Å². The topological polar surface area (TPSA) is 42.7 Å². The van der Waals surface area contributed by atoms with E-state index in [1.165, 1.54) is 62.0 Å². The van der Waals surface area contributed by atoms with Crippen molar-refractivity contribution in [3.63, 3.8) is 0 Å². The Bertz CT molecular complexity index is 825. The van der Waals surface area contributed by atoms with Crippen molar-refractivity contribution in [3.05, 3.63) is 23.8 Å². The van der Waals surface area contributed by atoms with E-state index in [9.17, 15) is 0 Å². The molecule has 2 aliphatic rings. The van der Waals surface area contributed by atoms with E-state index < -0.39 is 0 Å². The van der Waals surface area contributed by atoms with Crippen molar-refractivity contribution < 1.29 is 4.84 Å². The Hall–Kier alpha value is -1.53. The zero-order chi connectivity index (χ0) is 19.3. The molecule has 1 aliphatic heterocycles. The lowest BCUT2D eigenvalue weighted by Crippen LogP contribution is -2.31. The Labute approximate surface area is 172 Å². The lowest BCUT2D eigenvalue weighted by atomic mass is 9.96. The van der Waals surface area contributed by atoms with E-state index in [1.807, 2.05) is 6.92 Å². The molecular formula is C22H32N4OS. The van der Waals surface area contributed by atoms with Crippen LogP contribution in [0.15, 0.2) is 28.5 Å². The summed E-state index contributed by atoms with van der Waals surface area (Å²) in [5, 5.41) is 5.51.